The minimum Gasteiger partial charge on any atom is -0.399 e. The molecule has 7 nitrogen and oxygen atoms in total. The highest BCUT2D eigenvalue weighted by Crippen LogP contribution is 2.27. The predicted octanol–water partition coefficient (Wildman–Crippen LogP) is 2.50. The number of nitriles is 1. The lowest BCUT2D eigenvalue weighted by atomic mass is 10.2. The normalized spacial score (nSPS) is 10.6. The maximum atomic E-state index is 10.5. The van der Waals surface area contributed by atoms with E-state index >= 15 is 0 Å². The Kier molecular flexibility index (Phi) is 2.85. The minimum absolute atomic E-state index is 0.0933. The molecule has 7 heteroatoms. The van der Waals surface area contributed by atoms with Gasteiger partial charge in [0.05, 0.1) is 6.07 Å². The van der Waals surface area contributed by atoms with Crippen molar-refractivity contribution < 1.29 is 9.34 Å². The standard InChI is InChI=1S/C11H10N4O3/c1-7(2)14-6-8(5-12)11(13-14)9-3-4-10(18-9)15(16)17/h3-4,6-7H,1-2H3. The number of rotatable bonds is 3. The van der Waals surface area contributed by atoms with Crippen molar-refractivity contribution >= 4 is 5.88 Å². The van der Waals surface area contributed by atoms with Crippen molar-refractivity contribution in [1.82, 2.24) is 9.78 Å². The fourth-order valence-electron chi connectivity index (χ4n) is 1.47. The largest absolute Gasteiger partial charge is 0.433 e. The molecule has 2 heterocycles. The zero-order valence-corrected chi connectivity index (χ0v) is 9.82. The quantitative estimate of drug-likeness (QED) is 0.612. The Labute approximate surface area is 102 Å². The monoisotopic (exact) mass is 246 g/mol. The molecule has 0 unspecified atom stereocenters. The van der Waals surface area contributed by atoms with Crippen molar-refractivity contribution in [3.63, 3.8) is 0 Å². The highest BCUT2D eigenvalue weighted by atomic mass is 16.6. The third-order valence-electron chi connectivity index (χ3n) is 2.39. The van der Waals surface area contributed by atoms with Crippen LogP contribution in [-0.4, -0.2) is 14.7 Å². The van der Waals surface area contributed by atoms with Crippen molar-refractivity contribution in [1.29, 1.82) is 5.26 Å². The molecule has 0 aliphatic carbocycles. The molecule has 0 saturated heterocycles. The molecule has 2 aromatic rings. The summed E-state index contributed by atoms with van der Waals surface area (Å²) in [5.41, 5.74) is 0.646. The lowest BCUT2D eigenvalue weighted by Gasteiger charge is -2.02. The summed E-state index contributed by atoms with van der Waals surface area (Å²) in [5.74, 6) is -0.148. The van der Waals surface area contributed by atoms with Gasteiger partial charge in [-0.15, -0.1) is 0 Å². The van der Waals surface area contributed by atoms with Crippen LogP contribution in [0.3, 0.4) is 0 Å². The fourth-order valence-corrected chi connectivity index (χ4v) is 1.47. The molecule has 18 heavy (non-hydrogen) atoms. The van der Waals surface area contributed by atoms with E-state index in [1.165, 1.54) is 12.1 Å². The summed E-state index contributed by atoms with van der Waals surface area (Å²) in [4.78, 5) is 9.90. The first-order chi connectivity index (χ1) is 8.52. The van der Waals surface area contributed by atoms with Gasteiger partial charge in [0.25, 0.3) is 0 Å². The zero-order chi connectivity index (χ0) is 13.3. The fraction of sp³-hybridized carbons (Fsp3) is 0.273. The Balaban J connectivity index is 2.49. The van der Waals surface area contributed by atoms with E-state index in [-0.39, 0.29) is 17.7 Å². The maximum Gasteiger partial charge on any atom is 0.433 e. The number of nitro groups is 1. The molecule has 0 bridgehead atoms. The van der Waals surface area contributed by atoms with Gasteiger partial charge in [0.15, 0.2) is 5.76 Å². The van der Waals surface area contributed by atoms with E-state index in [1.807, 2.05) is 19.9 Å². The summed E-state index contributed by atoms with van der Waals surface area (Å²) in [7, 11) is 0. The average Bonchev–Trinajstić information content (AvgIpc) is 2.95. The summed E-state index contributed by atoms with van der Waals surface area (Å²) in [6.45, 7) is 3.84. The van der Waals surface area contributed by atoms with Gasteiger partial charge < -0.3 is 4.42 Å². The van der Waals surface area contributed by atoms with Crippen LogP contribution >= 0.6 is 0 Å². The number of furan rings is 1. The predicted molar refractivity (Wildman–Crippen MR) is 61.7 cm³/mol. The van der Waals surface area contributed by atoms with E-state index in [0.717, 1.165) is 0 Å². The first-order valence-electron chi connectivity index (χ1n) is 5.26. The summed E-state index contributed by atoms with van der Waals surface area (Å²) in [6.07, 6.45) is 1.59. The van der Waals surface area contributed by atoms with Crippen LogP contribution < -0.4 is 0 Å². The first kappa shape index (κ1) is 11.9. The van der Waals surface area contributed by atoms with Crippen LogP contribution in [0.4, 0.5) is 5.88 Å². The van der Waals surface area contributed by atoms with Gasteiger partial charge in [-0.25, -0.2) is 0 Å². The lowest BCUT2D eigenvalue weighted by molar-refractivity contribution is -0.401. The van der Waals surface area contributed by atoms with E-state index in [1.54, 1.807) is 10.9 Å². The molecule has 0 aliphatic heterocycles. The van der Waals surface area contributed by atoms with Crippen LogP contribution in [-0.2, 0) is 0 Å². The first-order valence-corrected chi connectivity index (χ1v) is 5.26. The molecule has 92 valence electrons. The third-order valence-corrected chi connectivity index (χ3v) is 2.39. The molecule has 0 aromatic carbocycles. The van der Waals surface area contributed by atoms with Crippen LogP contribution in [0.1, 0.15) is 25.5 Å². The summed E-state index contributed by atoms with van der Waals surface area (Å²) in [5, 5.41) is 23.7. The Morgan fingerprint density at radius 3 is 2.78 bits per heavy atom. The van der Waals surface area contributed by atoms with Gasteiger partial charge in [0.2, 0.25) is 0 Å². The van der Waals surface area contributed by atoms with Crippen molar-refractivity contribution in [3.05, 3.63) is 34.0 Å². The molecule has 0 saturated carbocycles. The highest BCUT2D eigenvalue weighted by Gasteiger charge is 2.19. The average molecular weight is 246 g/mol. The summed E-state index contributed by atoms with van der Waals surface area (Å²) < 4.78 is 6.65. The molecular formula is C11H10N4O3. The molecule has 0 N–H and O–H groups in total. The number of hydrogen-bond donors (Lipinski definition) is 0. The summed E-state index contributed by atoms with van der Waals surface area (Å²) >= 11 is 0. The van der Waals surface area contributed by atoms with Crippen molar-refractivity contribution in [2.75, 3.05) is 0 Å². The van der Waals surface area contributed by atoms with Crippen molar-refractivity contribution in [3.8, 4) is 17.5 Å². The smallest absolute Gasteiger partial charge is 0.399 e. The van der Waals surface area contributed by atoms with Crippen molar-refractivity contribution in [2.45, 2.75) is 19.9 Å². The third kappa shape index (κ3) is 1.96. The van der Waals surface area contributed by atoms with Crippen LogP contribution in [0.15, 0.2) is 22.7 Å². The van der Waals surface area contributed by atoms with Gasteiger partial charge in [0, 0.05) is 12.2 Å². The minimum atomic E-state index is -0.630. The number of nitrogens with zero attached hydrogens (tertiary/aromatic N) is 4. The number of hydrogen-bond acceptors (Lipinski definition) is 5. The van der Waals surface area contributed by atoms with Gasteiger partial charge in [-0.05, 0) is 19.9 Å². The van der Waals surface area contributed by atoms with Gasteiger partial charge in [-0.2, -0.15) is 10.4 Å². The molecule has 0 radical (unpaired) electrons. The molecule has 0 aliphatic rings. The van der Waals surface area contributed by atoms with Gasteiger partial charge in [-0.3, -0.25) is 14.8 Å². The second kappa shape index (κ2) is 4.33. The SMILES string of the molecule is CC(C)n1cc(C#N)c(-c2ccc([N+](=O)[O-])o2)n1. The lowest BCUT2D eigenvalue weighted by Crippen LogP contribution is -2.00. The van der Waals surface area contributed by atoms with E-state index in [9.17, 15) is 10.1 Å². The topological polar surface area (TPSA) is 97.9 Å². The zero-order valence-electron chi connectivity index (χ0n) is 9.82. The second-order valence-corrected chi connectivity index (χ2v) is 3.97. The Morgan fingerprint density at radius 1 is 1.56 bits per heavy atom. The van der Waals surface area contributed by atoms with Crippen LogP contribution in [0, 0.1) is 21.4 Å². The van der Waals surface area contributed by atoms with Crippen LogP contribution in [0.5, 0.6) is 0 Å². The molecule has 2 aromatic heterocycles. The molecule has 0 fully saturated rings. The van der Waals surface area contributed by atoms with Crippen molar-refractivity contribution in [2.24, 2.45) is 0 Å². The molecule has 0 amide bonds. The van der Waals surface area contributed by atoms with E-state index in [0.29, 0.717) is 11.3 Å². The maximum absolute atomic E-state index is 10.5. The second-order valence-electron chi connectivity index (χ2n) is 3.97. The Hall–Kier alpha value is -2.62. The van der Waals surface area contributed by atoms with Gasteiger partial charge in [-0.1, -0.05) is 0 Å². The number of aromatic nitrogens is 2. The molecule has 0 atom stereocenters. The summed E-state index contributed by atoms with van der Waals surface area (Å²) in [6, 6.07) is 4.77. The van der Waals surface area contributed by atoms with E-state index < -0.39 is 4.92 Å². The van der Waals surface area contributed by atoms with E-state index in [4.69, 9.17) is 9.68 Å². The molecular weight excluding hydrogens is 236 g/mol. The van der Waals surface area contributed by atoms with Gasteiger partial charge >= 0.3 is 5.88 Å². The molecule has 0 spiro atoms. The van der Waals surface area contributed by atoms with Gasteiger partial charge in [0.1, 0.15) is 22.2 Å². The molecule has 2 rings (SSSR count). The van der Waals surface area contributed by atoms with Crippen LogP contribution in [0.25, 0.3) is 11.5 Å². The Bertz CT molecular complexity index is 633. The Morgan fingerprint density at radius 2 is 2.28 bits per heavy atom. The van der Waals surface area contributed by atoms with E-state index in [2.05, 4.69) is 5.10 Å². The van der Waals surface area contributed by atoms with Crippen LogP contribution in [0.2, 0.25) is 0 Å². The highest BCUT2D eigenvalue weighted by molar-refractivity contribution is 5.61.